The Morgan fingerprint density at radius 2 is 1.81 bits per heavy atom. The van der Waals surface area contributed by atoms with Gasteiger partial charge in [-0.25, -0.2) is 4.99 Å². The second-order valence-electron chi connectivity index (χ2n) is 6.43. The van der Waals surface area contributed by atoms with Gasteiger partial charge in [-0.2, -0.15) is 13.2 Å². The van der Waals surface area contributed by atoms with Gasteiger partial charge in [-0.15, -0.1) is 0 Å². The molecule has 2 N–H and O–H groups in total. The normalized spacial score (nSPS) is 17.3. The van der Waals surface area contributed by atoms with Gasteiger partial charge in [-0.3, -0.25) is 0 Å². The fraction of sp³-hybridized carbons (Fsp3) is 0.316. The molecule has 0 aliphatic carbocycles. The minimum atomic E-state index is -4.39. The Labute approximate surface area is 149 Å². The van der Waals surface area contributed by atoms with Crippen LogP contribution in [-0.2, 0) is 6.18 Å². The number of aliphatic imine (C=N–C) groups is 1. The number of nitrogens with zero attached hydrogens (tertiary/aromatic N) is 2. The molecule has 2 aromatic rings. The summed E-state index contributed by atoms with van der Waals surface area (Å²) < 4.78 is 39.4. The molecule has 2 aromatic carbocycles. The molecule has 7 heteroatoms. The van der Waals surface area contributed by atoms with E-state index in [-0.39, 0.29) is 0 Å². The van der Waals surface area contributed by atoms with Crippen LogP contribution in [0.15, 0.2) is 47.5 Å². The maximum Gasteiger partial charge on any atom is 0.416 e. The highest BCUT2D eigenvalue weighted by Gasteiger charge is 2.32. The van der Waals surface area contributed by atoms with E-state index < -0.39 is 11.7 Å². The predicted molar refractivity (Wildman–Crippen MR) is 96.4 cm³/mol. The Balaban J connectivity index is 1.85. The van der Waals surface area contributed by atoms with Crippen LogP contribution in [-0.4, -0.2) is 36.9 Å². The van der Waals surface area contributed by atoms with Crippen molar-refractivity contribution >= 4 is 22.9 Å². The predicted octanol–water partition coefficient (Wildman–Crippen LogP) is 4.14. The summed E-state index contributed by atoms with van der Waals surface area (Å²) >= 11 is 0. The second-order valence-corrected chi connectivity index (χ2v) is 6.43. The average molecular weight is 360 g/mol. The van der Waals surface area contributed by atoms with Crippen LogP contribution in [0.4, 0.5) is 30.2 Å². The van der Waals surface area contributed by atoms with E-state index in [1.54, 1.807) is 0 Å². The molecule has 4 rings (SSSR count). The lowest BCUT2D eigenvalue weighted by atomic mass is 10.1. The van der Waals surface area contributed by atoms with Crippen LogP contribution in [0.1, 0.15) is 17.5 Å². The number of alkyl halides is 3. The molecule has 2 aliphatic heterocycles. The van der Waals surface area contributed by atoms with Gasteiger partial charge in [0.25, 0.3) is 0 Å². The SMILES string of the molecule is FC(F)(F)c1ccc2c(c1)N=C(N1CCCNCC1)c1ccccc1N2. The zero-order valence-electron chi connectivity index (χ0n) is 14.1. The summed E-state index contributed by atoms with van der Waals surface area (Å²) in [5.74, 6) is 0.717. The van der Waals surface area contributed by atoms with E-state index in [2.05, 4.69) is 20.5 Å². The summed E-state index contributed by atoms with van der Waals surface area (Å²) in [5.41, 5.74) is 1.95. The highest BCUT2D eigenvalue weighted by molar-refractivity contribution is 6.07. The molecule has 1 fully saturated rings. The number of benzene rings is 2. The van der Waals surface area contributed by atoms with Gasteiger partial charge in [0.05, 0.1) is 16.9 Å². The van der Waals surface area contributed by atoms with Crippen LogP contribution in [0.3, 0.4) is 0 Å². The molecule has 0 unspecified atom stereocenters. The van der Waals surface area contributed by atoms with Crippen molar-refractivity contribution in [3.05, 3.63) is 53.6 Å². The zero-order valence-corrected chi connectivity index (χ0v) is 14.1. The van der Waals surface area contributed by atoms with Crippen LogP contribution in [0.2, 0.25) is 0 Å². The van der Waals surface area contributed by atoms with Crippen molar-refractivity contribution in [2.45, 2.75) is 12.6 Å². The van der Waals surface area contributed by atoms with Gasteiger partial charge in [-0.05, 0) is 43.3 Å². The molecule has 26 heavy (non-hydrogen) atoms. The van der Waals surface area contributed by atoms with E-state index in [1.807, 2.05) is 24.3 Å². The van der Waals surface area contributed by atoms with E-state index in [9.17, 15) is 13.2 Å². The molecule has 0 atom stereocenters. The third-order valence-corrected chi connectivity index (χ3v) is 4.63. The third kappa shape index (κ3) is 3.26. The molecule has 1 saturated heterocycles. The number of nitrogens with one attached hydrogen (secondary N) is 2. The summed E-state index contributed by atoms with van der Waals surface area (Å²) in [4.78, 5) is 6.82. The molecule has 4 nitrogen and oxygen atoms in total. The minimum Gasteiger partial charge on any atom is -0.355 e. The number of amidine groups is 1. The van der Waals surface area contributed by atoms with Crippen molar-refractivity contribution in [1.82, 2.24) is 10.2 Å². The standard InChI is InChI=1S/C19H19F3N4/c20-19(21,22)13-6-7-16-17(12-13)25-18(26-10-3-8-23-9-11-26)14-4-1-2-5-15(14)24-16/h1-2,4-7,12,23-24H,3,8-11H2. The Bertz CT molecular complexity index is 837. The first kappa shape index (κ1) is 16.9. The molecule has 0 radical (unpaired) electrons. The van der Waals surface area contributed by atoms with Gasteiger partial charge < -0.3 is 15.5 Å². The minimum absolute atomic E-state index is 0.309. The number of rotatable bonds is 0. The van der Waals surface area contributed by atoms with E-state index in [1.165, 1.54) is 6.07 Å². The maximum atomic E-state index is 13.1. The number of anilines is 2. The monoisotopic (exact) mass is 360 g/mol. The van der Waals surface area contributed by atoms with Crippen LogP contribution in [0, 0.1) is 0 Å². The molecule has 2 heterocycles. The van der Waals surface area contributed by atoms with Gasteiger partial charge >= 0.3 is 6.18 Å². The smallest absolute Gasteiger partial charge is 0.355 e. The lowest BCUT2D eigenvalue weighted by Gasteiger charge is -2.24. The molecule has 0 bridgehead atoms. The van der Waals surface area contributed by atoms with Crippen LogP contribution >= 0.6 is 0 Å². The van der Waals surface area contributed by atoms with Crippen molar-refractivity contribution < 1.29 is 13.2 Å². The van der Waals surface area contributed by atoms with Gasteiger partial charge in [0, 0.05) is 30.9 Å². The summed E-state index contributed by atoms with van der Waals surface area (Å²) in [5, 5.41) is 6.59. The zero-order chi connectivity index (χ0) is 18.1. The summed E-state index contributed by atoms with van der Waals surface area (Å²) in [6.07, 6.45) is -3.43. The molecule has 0 spiro atoms. The largest absolute Gasteiger partial charge is 0.416 e. The van der Waals surface area contributed by atoms with Crippen molar-refractivity contribution in [2.24, 2.45) is 4.99 Å². The number of hydrogen-bond acceptors (Lipinski definition) is 4. The third-order valence-electron chi connectivity index (χ3n) is 4.63. The van der Waals surface area contributed by atoms with E-state index in [4.69, 9.17) is 0 Å². The summed E-state index contributed by atoms with van der Waals surface area (Å²) in [6, 6.07) is 11.4. The first-order valence-electron chi connectivity index (χ1n) is 8.64. The van der Waals surface area contributed by atoms with Crippen molar-refractivity contribution in [3.63, 3.8) is 0 Å². The van der Waals surface area contributed by atoms with Crippen LogP contribution < -0.4 is 10.6 Å². The molecular formula is C19H19F3N4. The molecular weight excluding hydrogens is 341 g/mol. The first-order chi connectivity index (χ1) is 12.5. The quantitative estimate of drug-likeness (QED) is 0.742. The Kier molecular flexibility index (Phi) is 4.32. The topological polar surface area (TPSA) is 39.7 Å². The van der Waals surface area contributed by atoms with Crippen LogP contribution in [0.5, 0.6) is 0 Å². The highest BCUT2D eigenvalue weighted by Crippen LogP contribution is 2.39. The molecule has 0 saturated carbocycles. The molecule has 0 amide bonds. The van der Waals surface area contributed by atoms with Crippen molar-refractivity contribution in [3.8, 4) is 0 Å². The van der Waals surface area contributed by atoms with Crippen LogP contribution in [0.25, 0.3) is 0 Å². The number of fused-ring (bicyclic) bond motifs is 2. The van der Waals surface area contributed by atoms with Gasteiger partial charge in [-0.1, -0.05) is 12.1 Å². The summed E-state index contributed by atoms with van der Waals surface area (Å²) in [7, 11) is 0. The Morgan fingerprint density at radius 3 is 2.65 bits per heavy atom. The number of hydrogen-bond donors (Lipinski definition) is 2. The Morgan fingerprint density at radius 1 is 0.962 bits per heavy atom. The van der Waals surface area contributed by atoms with Gasteiger partial charge in [0.1, 0.15) is 5.84 Å². The van der Waals surface area contributed by atoms with Crippen molar-refractivity contribution in [1.29, 1.82) is 0 Å². The second kappa shape index (κ2) is 6.64. The number of halogens is 3. The average Bonchev–Trinajstić information content (AvgIpc) is 2.97. The lowest BCUT2D eigenvalue weighted by Crippen LogP contribution is -2.34. The van der Waals surface area contributed by atoms with Gasteiger partial charge in [0.2, 0.25) is 0 Å². The molecule has 2 aliphatic rings. The fourth-order valence-electron chi connectivity index (χ4n) is 3.31. The highest BCUT2D eigenvalue weighted by atomic mass is 19.4. The molecule has 0 aromatic heterocycles. The van der Waals surface area contributed by atoms with E-state index in [0.29, 0.717) is 11.4 Å². The maximum absolute atomic E-state index is 13.1. The Hall–Kier alpha value is -2.54. The fourth-order valence-corrected chi connectivity index (χ4v) is 3.31. The lowest BCUT2D eigenvalue weighted by molar-refractivity contribution is -0.137. The summed E-state index contributed by atoms with van der Waals surface area (Å²) in [6.45, 7) is 3.33. The number of para-hydroxylation sites is 1. The first-order valence-corrected chi connectivity index (χ1v) is 8.64. The van der Waals surface area contributed by atoms with E-state index >= 15 is 0 Å². The van der Waals surface area contributed by atoms with Gasteiger partial charge in [0.15, 0.2) is 0 Å². The molecule has 136 valence electrons. The van der Waals surface area contributed by atoms with Crippen molar-refractivity contribution in [2.75, 3.05) is 31.5 Å². The van der Waals surface area contributed by atoms with E-state index in [0.717, 1.165) is 61.8 Å².